The number of carbonyl (C=O) groups excluding carboxylic acids is 1. The first-order valence-electron chi connectivity index (χ1n) is 4.82. The Bertz CT molecular complexity index is 405. The van der Waals surface area contributed by atoms with E-state index in [2.05, 4.69) is 42.5 Å². The van der Waals surface area contributed by atoms with Gasteiger partial charge in [-0.1, -0.05) is 15.9 Å². The molecule has 0 atom stereocenters. The van der Waals surface area contributed by atoms with Gasteiger partial charge in [-0.25, -0.2) is 0 Å². The molecule has 0 fully saturated rings. The van der Waals surface area contributed by atoms with Crippen molar-refractivity contribution in [3.63, 3.8) is 0 Å². The van der Waals surface area contributed by atoms with E-state index in [1.54, 1.807) is 7.05 Å². The number of rotatable bonds is 3. The Balaban J connectivity index is 2.89. The van der Waals surface area contributed by atoms with E-state index in [9.17, 15) is 4.79 Å². The molecule has 0 aliphatic rings. The maximum Gasteiger partial charge on any atom is 0.244 e. The monoisotopic (exact) mass is 348 g/mol. The van der Waals surface area contributed by atoms with E-state index in [4.69, 9.17) is 0 Å². The summed E-state index contributed by atoms with van der Waals surface area (Å²) in [6.07, 6.45) is 0. The summed E-state index contributed by atoms with van der Waals surface area (Å²) in [4.78, 5) is 11.9. The average molecular weight is 350 g/mol. The molecular weight excluding hydrogens is 336 g/mol. The zero-order chi connectivity index (χ0) is 12.3. The lowest BCUT2D eigenvalue weighted by molar-refractivity contribution is -0.121. The van der Waals surface area contributed by atoms with Gasteiger partial charge in [-0.2, -0.15) is 0 Å². The number of carbonyl (C=O) groups is 1. The van der Waals surface area contributed by atoms with Crippen LogP contribution in [0, 0.1) is 0 Å². The second-order valence-corrected chi connectivity index (χ2v) is 5.72. The van der Waals surface area contributed by atoms with Gasteiger partial charge in [-0.3, -0.25) is 4.79 Å². The van der Waals surface area contributed by atoms with Gasteiger partial charge in [0, 0.05) is 8.95 Å². The number of halogens is 2. The Labute approximate surface area is 112 Å². The van der Waals surface area contributed by atoms with Crippen LogP contribution in [-0.4, -0.2) is 18.5 Å². The van der Waals surface area contributed by atoms with Crippen molar-refractivity contribution in [1.82, 2.24) is 5.32 Å². The van der Waals surface area contributed by atoms with Gasteiger partial charge in [0.05, 0.1) is 11.2 Å². The number of amides is 1. The lowest BCUT2D eigenvalue weighted by Crippen LogP contribution is -2.47. The first-order chi connectivity index (χ1) is 7.36. The van der Waals surface area contributed by atoms with E-state index >= 15 is 0 Å². The van der Waals surface area contributed by atoms with Gasteiger partial charge in [-0.15, -0.1) is 0 Å². The standard InChI is InChI=1S/C11H14Br2N2O/c1-11(2,14-3)10(16)15-9-6-7(12)4-5-8(9)13/h4-6,14H,1-3H3,(H,15,16). The van der Waals surface area contributed by atoms with Crippen LogP contribution in [0.2, 0.25) is 0 Å². The number of anilines is 1. The van der Waals surface area contributed by atoms with E-state index in [1.165, 1.54) is 0 Å². The van der Waals surface area contributed by atoms with Crippen molar-refractivity contribution < 1.29 is 4.79 Å². The van der Waals surface area contributed by atoms with E-state index in [0.717, 1.165) is 14.6 Å². The van der Waals surface area contributed by atoms with Gasteiger partial charge < -0.3 is 10.6 Å². The Hall–Kier alpha value is -0.390. The zero-order valence-corrected chi connectivity index (χ0v) is 12.6. The third kappa shape index (κ3) is 3.30. The Morgan fingerprint density at radius 1 is 1.31 bits per heavy atom. The fourth-order valence-electron chi connectivity index (χ4n) is 0.985. The number of hydrogen-bond acceptors (Lipinski definition) is 2. The molecule has 3 nitrogen and oxygen atoms in total. The predicted octanol–water partition coefficient (Wildman–Crippen LogP) is 3.15. The van der Waals surface area contributed by atoms with Crippen molar-refractivity contribution >= 4 is 43.5 Å². The predicted molar refractivity (Wildman–Crippen MR) is 73.6 cm³/mol. The van der Waals surface area contributed by atoms with Crippen LogP contribution in [0.5, 0.6) is 0 Å². The van der Waals surface area contributed by atoms with Gasteiger partial charge in [0.15, 0.2) is 0 Å². The summed E-state index contributed by atoms with van der Waals surface area (Å²) < 4.78 is 1.78. The quantitative estimate of drug-likeness (QED) is 0.880. The number of likely N-dealkylation sites (N-methyl/N-ethyl adjacent to an activating group) is 1. The third-order valence-electron chi connectivity index (χ3n) is 2.37. The molecule has 1 aromatic rings. The van der Waals surface area contributed by atoms with Crippen LogP contribution in [0.15, 0.2) is 27.1 Å². The molecule has 1 amide bonds. The fraction of sp³-hybridized carbons (Fsp3) is 0.364. The number of hydrogen-bond donors (Lipinski definition) is 2. The van der Waals surface area contributed by atoms with Crippen LogP contribution in [0.4, 0.5) is 5.69 Å². The van der Waals surface area contributed by atoms with E-state index in [0.29, 0.717) is 0 Å². The highest BCUT2D eigenvalue weighted by Gasteiger charge is 2.25. The van der Waals surface area contributed by atoms with E-state index < -0.39 is 5.54 Å². The Kier molecular flexibility index (Phi) is 4.52. The van der Waals surface area contributed by atoms with Crippen LogP contribution < -0.4 is 10.6 Å². The molecule has 0 unspecified atom stereocenters. The zero-order valence-electron chi connectivity index (χ0n) is 9.40. The molecular formula is C11H14Br2N2O. The third-order valence-corrected chi connectivity index (χ3v) is 3.55. The highest BCUT2D eigenvalue weighted by Crippen LogP contribution is 2.26. The van der Waals surface area contributed by atoms with Crippen molar-refractivity contribution in [2.45, 2.75) is 19.4 Å². The molecule has 0 aliphatic heterocycles. The molecule has 5 heteroatoms. The summed E-state index contributed by atoms with van der Waals surface area (Å²) in [5.41, 5.74) is 0.157. The second kappa shape index (κ2) is 5.29. The van der Waals surface area contributed by atoms with Crippen LogP contribution in [0.1, 0.15) is 13.8 Å². The van der Waals surface area contributed by atoms with Crippen molar-refractivity contribution in [3.05, 3.63) is 27.1 Å². The van der Waals surface area contributed by atoms with Gasteiger partial charge in [-0.05, 0) is 55.0 Å². The normalized spacial score (nSPS) is 11.3. The van der Waals surface area contributed by atoms with Crippen molar-refractivity contribution in [3.8, 4) is 0 Å². The van der Waals surface area contributed by atoms with Crippen LogP contribution in [0.25, 0.3) is 0 Å². The van der Waals surface area contributed by atoms with Gasteiger partial charge >= 0.3 is 0 Å². The van der Waals surface area contributed by atoms with E-state index in [1.807, 2.05) is 32.0 Å². The van der Waals surface area contributed by atoms with Gasteiger partial charge in [0.2, 0.25) is 5.91 Å². The molecule has 0 aromatic heterocycles. The van der Waals surface area contributed by atoms with Crippen molar-refractivity contribution in [1.29, 1.82) is 0 Å². The summed E-state index contributed by atoms with van der Waals surface area (Å²) >= 11 is 6.76. The summed E-state index contributed by atoms with van der Waals surface area (Å²) in [6.45, 7) is 3.66. The highest BCUT2D eigenvalue weighted by molar-refractivity contribution is 9.11. The summed E-state index contributed by atoms with van der Waals surface area (Å²) in [5.74, 6) is -0.0752. The molecule has 1 aromatic carbocycles. The van der Waals surface area contributed by atoms with Crippen molar-refractivity contribution in [2.24, 2.45) is 0 Å². The Morgan fingerprint density at radius 3 is 2.50 bits per heavy atom. The maximum atomic E-state index is 11.9. The molecule has 0 radical (unpaired) electrons. The van der Waals surface area contributed by atoms with Gasteiger partial charge in [0.1, 0.15) is 0 Å². The summed E-state index contributed by atoms with van der Waals surface area (Å²) in [5, 5.41) is 5.82. The number of nitrogens with one attached hydrogen (secondary N) is 2. The average Bonchev–Trinajstić information content (AvgIpc) is 2.23. The molecule has 88 valence electrons. The first-order valence-corrected chi connectivity index (χ1v) is 6.41. The smallest absolute Gasteiger partial charge is 0.244 e. The maximum absolute atomic E-state index is 11.9. The van der Waals surface area contributed by atoms with Crippen LogP contribution >= 0.6 is 31.9 Å². The van der Waals surface area contributed by atoms with E-state index in [-0.39, 0.29) is 5.91 Å². The fourth-order valence-corrected chi connectivity index (χ4v) is 1.69. The summed E-state index contributed by atoms with van der Waals surface area (Å²) in [7, 11) is 1.76. The molecule has 0 spiro atoms. The first kappa shape index (κ1) is 13.7. The molecule has 0 bridgehead atoms. The lowest BCUT2D eigenvalue weighted by Gasteiger charge is -2.23. The SMILES string of the molecule is CNC(C)(C)C(=O)Nc1cc(Br)ccc1Br. The molecule has 0 heterocycles. The Morgan fingerprint density at radius 2 is 1.94 bits per heavy atom. The largest absolute Gasteiger partial charge is 0.323 e. The van der Waals surface area contributed by atoms with Crippen molar-refractivity contribution in [2.75, 3.05) is 12.4 Å². The highest BCUT2D eigenvalue weighted by atomic mass is 79.9. The molecule has 0 aliphatic carbocycles. The molecule has 1 rings (SSSR count). The molecule has 16 heavy (non-hydrogen) atoms. The molecule has 0 saturated heterocycles. The second-order valence-electron chi connectivity index (χ2n) is 3.95. The molecule has 0 saturated carbocycles. The number of benzene rings is 1. The van der Waals surface area contributed by atoms with Gasteiger partial charge in [0.25, 0.3) is 0 Å². The van der Waals surface area contributed by atoms with Crippen LogP contribution in [-0.2, 0) is 4.79 Å². The topological polar surface area (TPSA) is 41.1 Å². The molecule has 2 N–H and O–H groups in total. The minimum Gasteiger partial charge on any atom is -0.323 e. The lowest BCUT2D eigenvalue weighted by atomic mass is 10.1. The van der Waals surface area contributed by atoms with Crippen LogP contribution in [0.3, 0.4) is 0 Å². The minimum absolute atomic E-state index is 0.0752. The summed E-state index contributed by atoms with van der Waals surface area (Å²) in [6, 6.07) is 5.64. The minimum atomic E-state index is -0.595.